The highest BCUT2D eigenvalue weighted by Crippen LogP contribution is 2.52. The van der Waals surface area contributed by atoms with E-state index in [9.17, 15) is 40.6 Å². The average Bonchev–Trinajstić information content (AvgIpc) is 3.25. The van der Waals surface area contributed by atoms with Crippen molar-refractivity contribution in [1.82, 2.24) is 4.98 Å². The van der Waals surface area contributed by atoms with Gasteiger partial charge in [0.2, 0.25) is 0 Å². The van der Waals surface area contributed by atoms with Gasteiger partial charge in [-0.2, -0.15) is 26.3 Å². The van der Waals surface area contributed by atoms with E-state index in [2.05, 4.69) is 4.98 Å². The first-order chi connectivity index (χ1) is 16.8. The minimum absolute atomic E-state index is 0.0384. The fourth-order valence-electron chi connectivity index (χ4n) is 3.56. The zero-order chi connectivity index (χ0) is 26.5. The lowest BCUT2D eigenvalue weighted by Crippen LogP contribution is -2.53. The summed E-state index contributed by atoms with van der Waals surface area (Å²) in [5.74, 6) is -0.464. The Bertz CT molecular complexity index is 1460. The predicted octanol–water partition coefficient (Wildman–Crippen LogP) is 7.08. The molecule has 0 saturated heterocycles. The molecule has 0 bridgehead atoms. The number of fused-ring (bicyclic) bond motifs is 1. The third-order valence-corrected chi connectivity index (χ3v) is 7.50. The molecule has 0 saturated carbocycles. The topological polar surface area (TPSA) is 63.3 Å². The van der Waals surface area contributed by atoms with Gasteiger partial charge in [-0.05, 0) is 42.3 Å². The van der Waals surface area contributed by atoms with Gasteiger partial charge in [-0.1, -0.05) is 30.8 Å². The number of hydrogen-bond donors (Lipinski definition) is 1. The van der Waals surface area contributed by atoms with E-state index in [4.69, 9.17) is 4.42 Å². The molecule has 36 heavy (non-hydrogen) atoms. The van der Waals surface area contributed by atoms with Gasteiger partial charge in [0, 0.05) is 27.6 Å². The lowest BCUT2D eigenvalue weighted by atomic mass is 9.96. The van der Waals surface area contributed by atoms with E-state index in [0.717, 1.165) is 11.8 Å². The summed E-state index contributed by atoms with van der Waals surface area (Å²) in [6.07, 6.45) is -11.4. The molecule has 0 amide bonds. The highest BCUT2D eigenvalue weighted by Gasteiger charge is 2.72. The standard InChI is InChI=1S/C23H14F7NO3S2/c1-2-14-18(11-3-5-12(24)6-4-11)15-8-7-13(9-16(15)34-19(14)32)35-20-31-10-17(36-20)21(33,22(25,26)27)23(28,29)30/h3-10,33H,2H2,1H3. The normalized spacial score (nSPS) is 12.9. The largest absolute Gasteiger partial charge is 0.431 e. The van der Waals surface area contributed by atoms with Crippen molar-refractivity contribution in [3.05, 3.63) is 75.3 Å². The Morgan fingerprint density at radius 1 is 1.03 bits per heavy atom. The summed E-state index contributed by atoms with van der Waals surface area (Å²) in [5, 5.41) is 10.1. The summed E-state index contributed by atoms with van der Waals surface area (Å²) in [4.78, 5) is 15.1. The van der Waals surface area contributed by atoms with Crippen molar-refractivity contribution in [2.75, 3.05) is 0 Å². The molecule has 0 fully saturated rings. The Labute approximate surface area is 206 Å². The minimum Gasteiger partial charge on any atom is -0.422 e. The Morgan fingerprint density at radius 3 is 2.25 bits per heavy atom. The maximum absolute atomic E-state index is 13.4. The first kappa shape index (κ1) is 26.2. The van der Waals surface area contributed by atoms with E-state index < -0.39 is 34.3 Å². The molecule has 190 valence electrons. The van der Waals surface area contributed by atoms with E-state index in [1.807, 2.05) is 0 Å². The molecule has 1 N–H and O–H groups in total. The van der Waals surface area contributed by atoms with Crippen LogP contribution in [0.15, 0.2) is 67.1 Å². The summed E-state index contributed by atoms with van der Waals surface area (Å²) in [6, 6.07) is 9.99. The van der Waals surface area contributed by atoms with Crippen LogP contribution in [0.5, 0.6) is 0 Å². The molecule has 0 spiro atoms. The van der Waals surface area contributed by atoms with E-state index in [1.54, 1.807) is 13.0 Å². The monoisotopic (exact) mass is 549 g/mol. The number of aromatic nitrogens is 1. The van der Waals surface area contributed by atoms with Crippen LogP contribution in [0.1, 0.15) is 17.4 Å². The first-order valence-corrected chi connectivity index (χ1v) is 11.7. The van der Waals surface area contributed by atoms with Crippen molar-refractivity contribution in [2.24, 2.45) is 0 Å². The second-order valence-corrected chi connectivity index (χ2v) is 9.91. The van der Waals surface area contributed by atoms with Crippen LogP contribution in [0, 0.1) is 5.82 Å². The molecule has 4 nitrogen and oxygen atoms in total. The van der Waals surface area contributed by atoms with Crippen LogP contribution in [0.4, 0.5) is 30.7 Å². The van der Waals surface area contributed by atoms with E-state index >= 15 is 0 Å². The predicted molar refractivity (Wildman–Crippen MR) is 119 cm³/mol. The van der Waals surface area contributed by atoms with Crippen molar-refractivity contribution in [1.29, 1.82) is 0 Å². The third kappa shape index (κ3) is 4.50. The van der Waals surface area contributed by atoms with E-state index in [-0.39, 0.29) is 21.3 Å². The number of hydrogen-bond acceptors (Lipinski definition) is 6. The fourth-order valence-corrected chi connectivity index (χ4v) is 5.68. The van der Waals surface area contributed by atoms with Gasteiger partial charge in [0.25, 0.3) is 5.60 Å². The number of rotatable bonds is 5. The summed E-state index contributed by atoms with van der Waals surface area (Å²) in [7, 11) is 0. The number of aliphatic hydroxyl groups is 1. The molecule has 4 aromatic rings. The molecule has 0 aliphatic rings. The molecule has 2 aromatic heterocycles. The van der Waals surface area contributed by atoms with Crippen molar-refractivity contribution < 1.29 is 40.3 Å². The number of nitrogens with zero attached hydrogens (tertiary/aromatic N) is 1. The SMILES string of the molecule is CCc1c(-c2ccc(F)cc2)c2ccc(Sc3ncc(C(O)(C(F)(F)F)C(F)(F)F)s3)cc2oc1=O. The van der Waals surface area contributed by atoms with Gasteiger partial charge in [-0.3, -0.25) is 0 Å². The zero-order valence-electron chi connectivity index (χ0n) is 18.0. The highest BCUT2D eigenvalue weighted by atomic mass is 32.2. The number of benzene rings is 2. The van der Waals surface area contributed by atoms with Gasteiger partial charge >= 0.3 is 18.0 Å². The second-order valence-electron chi connectivity index (χ2n) is 7.56. The Hall–Kier alpha value is -2.90. The third-order valence-electron chi connectivity index (χ3n) is 5.33. The maximum atomic E-state index is 13.4. The van der Waals surface area contributed by atoms with Crippen LogP contribution in [0.2, 0.25) is 0 Å². The van der Waals surface area contributed by atoms with Crippen LogP contribution < -0.4 is 5.63 Å². The Morgan fingerprint density at radius 2 is 1.67 bits per heavy atom. The van der Waals surface area contributed by atoms with Crippen LogP contribution in [0.3, 0.4) is 0 Å². The zero-order valence-corrected chi connectivity index (χ0v) is 19.6. The van der Waals surface area contributed by atoms with Gasteiger partial charge in [0.1, 0.15) is 11.4 Å². The van der Waals surface area contributed by atoms with Gasteiger partial charge < -0.3 is 9.52 Å². The molecule has 0 radical (unpaired) electrons. The molecular weight excluding hydrogens is 535 g/mol. The Kier molecular flexibility index (Phi) is 6.69. The van der Waals surface area contributed by atoms with E-state index in [1.165, 1.54) is 36.4 Å². The lowest BCUT2D eigenvalue weighted by molar-refractivity contribution is -0.375. The number of thiazole rings is 1. The molecule has 4 rings (SSSR count). The summed E-state index contributed by atoms with van der Waals surface area (Å²) in [5.41, 5.74) is -4.14. The molecule has 0 aliphatic carbocycles. The van der Waals surface area contributed by atoms with Gasteiger partial charge in [-0.15, -0.1) is 11.3 Å². The molecule has 0 unspecified atom stereocenters. The smallest absolute Gasteiger partial charge is 0.422 e. The number of halogens is 7. The van der Waals surface area contributed by atoms with Crippen LogP contribution in [-0.2, 0) is 12.0 Å². The van der Waals surface area contributed by atoms with Crippen LogP contribution >= 0.6 is 23.1 Å². The van der Waals surface area contributed by atoms with Gasteiger partial charge in [0.05, 0.1) is 4.88 Å². The molecule has 2 aromatic carbocycles. The van der Waals surface area contributed by atoms with Crippen molar-refractivity contribution in [3.63, 3.8) is 0 Å². The van der Waals surface area contributed by atoms with Crippen LogP contribution in [0.25, 0.3) is 22.1 Å². The van der Waals surface area contributed by atoms with Crippen molar-refractivity contribution in [3.8, 4) is 11.1 Å². The summed E-state index contributed by atoms with van der Waals surface area (Å²) in [6.45, 7) is 1.75. The second kappa shape index (κ2) is 9.20. The maximum Gasteiger partial charge on any atom is 0.431 e. The summed E-state index contributed by atoms with van der Waals surface area (Å²) >= 11 is 0.768. The first-order valence-electron chi connectivity index (χ1n) is 10.1. The molecular formula is C23H14F7NO3S2. The lowest BCUT2D eigenvalue weighted by Gasteiger charge is -2.30. The average molecular weight is 549 g/mol. The fraction of sp³-hybridized carbons (Fsp3) is 0.217. The minimum atomic E-state index is -6.01. The van der Waals surface area contributed by atoms with Crippen molar-refractivity contribution >= 4 is 34.1 Å². The highest BCUT2D eigenvalue weighted by molar-refractivity contribution is 8.01. The van der Waals surface area contributed by atoms with Gasteiger partial charge in [0.15, 0.2) is 4.34 Å². The molecule has 13 heteroatoms. The molecule has 0 atom stereocenters. The number of alkyl halides is 6. The summed E-state index contributed by atoms with van der Waals surface area (Å²) < 4.78 is 97.4. The quantitative estimate of drug-likeness (QED) is 0.213. The molecule has 2 heterocycles. The Balaban J connectivity index is 1.75. The van der Waals surface area contributed by atoms with Gasteiger partial charge in [-0.25, -0.2) is 14.2 Å². The molecule has 0 aliphatic heterocycles. The van der Waals surface area contributed by atoms with Crippen LogP contribution in [-0.4, -0.2) is 22.4 Å². The van der Waals surface area contributed by atoms with Crippen molar-refractivity contribution in [2.45, 2.75) is 40.5 Å². The van der Waals surface area contributed by atoms with E-state index in [0.29, 0.717) is 39.6 Å².